The van der Waals surface area contributed by atoms with E-state index in [1.165, 1.54) is 13.5 Å². The van der Waals surface area contributed by atoms with Crippen LogP contribution in [0.2, 0.25) is 0 Å². The largest absolute Gasteiger partial charge is 0.493 e. The average Bonchev–Trinajstić information content (AvgIpc) is 3.08. The maximum Gasteiger partial charge on any atom is 0.387 e. The average molecular weight is 515 g/mol. The van der Waals surface area contributed by atoms with Gasteiger partial charge in [0.15, 0.2) is 17.5 Å². The lowest BCUT2D eigenvalue weighted by Crippen LogP contribution is -2.43. The van der Waals surface area contributed by atoms with Crippen molar-refractivity contribution in [2.45, 2.75) is 43.6 Å². The second kappa shape index (κ2) is 12.5. The van der Waals surface area contributed by atoms with Crippen molar-refractivity contribution in [3.05, 3.63) is 23.8 Å². The minimum atomic E-state index is -2.88. The van der Waals surface area contributed by atoms with Gasteiger partial charge in [-0.05, 0) is 49.6 Å². The Morgan fingerprint density at radius 2 is 2.11 bits per heavy atom. The van der Waals surface area contributed by atoms with Crippen LogP contribution in [0.15, 0.2) is 23.2 Å². The van der Waals surface area contributed by atoms with E-state index in [0.29, 0.717) is 24.8 Å². The van der Waals surface area contributed by atoms with E-state index in [9.17, 15) is 8.78 Å². The number of alkyl halides is 2. The molecule has 0 amide bonds. The first-order valence-electron chi connectivity index (χ1n) is 8.67. The summed E-state index contributed by atoms with van der Waals surface area (Å²) in [5.74, 6) is 1.12. The Morgan fingerprint density at radius 1 is 1.33 bits per heavy atom. The molecule has 1 aromatic rings. The molecule has 1 aliphatic carbocycles. The lowest BCUT2D eigenvalue weighted by molar-refractivity contribution is -0.0512. The number of ether oxygens (including phenoxy) is 2. The van der Waals surface area contributed by atoms with Crippen molar-refractivity contribution in [3.63, 3.8) is 0 Å². The highest BCUT2D eigenvalue weighted by Gasteiger charge is 2.24. The van der Waals surface area contributed by atoms with E-state index in [1.807, 2.05) is 17.8 Å². The molecule has 0 bridgehead atoms. The molecule has 0 saturated heterocycles. The smallest absolute Gasteiger partial charge is 0.387 e. The van der Waals surface area contributed by atoms with Gasteiger partial charge in [-0.3, -0.25) is 4.99 Å². The summed E-state index contributed by atoms with van der Waals surface area (Å²) >= 11 is 1.92. The Bertz CT molecular complexity index is 608. The van der Waals surface area contributed by atoms with Gasteiger partial charge in [0.05, 0.1) is 7.11 Å². The van der Waals surface area contributed by atoms with Crippen LogP contribution in [0.1, 0.15) is 24.8 Å². The summed E-state index contributed by atoms with van der Waals surface area (Å²) in [4.78, 5) is 4.26. The first kappa shape index (κ1) is 24.1. The zero-order valence-corrected chi connectivity index (χ0v) is 19.0. The number of nitrogens with one attached hydrogen (secondary N) is 2. The van der Waals surface area contributed by atoms with E-state index in [1.54, 1.807) is 19.2 Å². The van der Waals surface area contributed by atoms with Gasteiger partial charge in [-0.25, -0.2) is 0 Å². The minimum Gasteiger partial charge on any atom is -0.493 e. The molecule has 0 aromatic heterocycles. The second-order valence-corrected chi connectivity index (χ2v) is 7.26. The molecule has 1 aliphatic rings. The van der Waals surface area contributed by atoms with E-state index < -0.39 is 6.61 Å². The quantitative estimate of drug-likeness (QED) is 0.313. The Balaban J connectivity index is 0.00000364. The molecule has 27 heavy (non-hydrogen) atoms. The van der Waals surface area contributed by atoms with Gasteiger partial charge in [-0.2, -0.15) is 20.5 Å². The summed E-state index contributed by atoms with van der Waals surface area (Å²) in [6, 6.07) is 5.52. The van der Waals surface area contributed by atoms with Gasteiger partial charge in [-0.15, -0.1) is 24.0 Å². The molecule has 2 rings (SSSR count). The lowest BCUT2D eigenvalue weighted by Gasteiger charge is -2.17. The second-order valence-electron chi connectivity index (χ2n) is 6.12. The monoisotopic (exact) mass is 515 g/mol. The number of benzene rings is 1. The van der Waals surface area contributed by atoms with Crippen molar-refractivity contribution < 1.29 is 18.3 Å². The molecule has 0 radical (unpaired) electrons. The van der Waals surface area contributed by atoms with Crippen molar-refractivity contribution in [1.82, 2.24) is 10.6 Å². The van der Waals surface area contributed by atoms with Gasteiger partial charge in [0.2, 0.25) is 0 Å². The van der Waals surface area contributed by atoms with Crippen LogP contribution in [0.5, 0.6) is 11.5 Å². The Kier molecular flexibility index (Phi) is 11.1. The highest BCUT2D eigenvalue weighted by atomic mass is 127. The molecule has 1 saturated carbocycles. The van der Waals surface area contributed by atoms with Gasteiger partial charge in [0.25, 0.3) is 0 Å². The van der Waals surface area contributed by atoms with Crippen molar-refractivity contribution in [3.8, 4) is 11.5 Å². The van der Waals surface area contributed by atoms with Crippen LogP contribution >= 0.6 is 35.7 Å². The minimum absolute atomic E-state index is 0. The van der Waals surface area contributed by atoms with Gasteiger partial charge < -0.3 is 20.1 Å². The number of nitrogens with zero attached hydrogens (tertiary/aromatic N) is 1. The number of halogens is 3. The summed E-state index contributed by atoms with van der Waals surface area (Å²) in [5, 5.41) is 7.45. The Morgan fingerprint density at radius 3 is 2.70 bits per heavy atom. The van der Waals surface area contributed by atoms with Crippen LogP contribution < -0.4 is 20.1 Å². The number of rotatable bonds is 8. The zero-order chi connectivity index (χ0) is 18.9. The van der Waals surface area contributed by atoms with E-state index in [-0.39, 0.29) is 29.7 Å². The number of hydrogen-bond donors (Lipinski definition) is 2. The summed E-state index contributed by atoms with van der Waals surface area (Å²) in [5.41, 5.74) is 0.882. The fraction of sp³-hybridized carbons (Fsp3) is 0.611. The van der Waals surface area contributed by atoms with Crippen LogP contribution in [-0.2, 0) is 6.42 Å². The summed E-state index contributed by atoms with van der Waals surface area (Å²) in [7, 11) is 3.17. The summed E-state index contributed by atoms with van der Waals surface area (Å²) in [6.07, 6.45) is 6.34. The number of guanidine groups is 1. The van der Waals surface area contributed by atoms with Crippen LogP contribution in [0, 0.1) is 0 Å². The molecule has 1 fully saturated rings. The van der Waals surface area contributed by atoms with Crippen molar-refractivity contribution in [1.29, 1.82) is 0 Å². The third-order valence-corrected chi connectivity index (χ3v) is 5.53. The standard InChI is InChI=1S/C18H27F2N3O2S.HI/c1-21-18(23-13-5-6-14(11-13)26-3)22-9-8-12-4-7-15(24-2)16(10-12)25-17(19)20;/h4,7,10,13-14,17H,5-6,8-9,11H2,1-3H3,(H2,21,22,23);1H. The first-order valence-corrected chi connectivity index (χ1v) is 9.96. The highest BCUT2D eigenvalue weighted by Crippen LogP contribution is 2.30. The van der Waals surface area contributed by atoms with Crippen LogP contribution in [-0.4, -0.2) is 50.8 Å². The summed E-state index contributed by atoms with van der Waals surface area (Å²) in [6.45, 7) is -2.24. The Labute approximate surface area is 181 Å². The van der Waals surface area contributed by atoms with E-state index in [2.05, 4.69) is 26.6 Å². The van der Waals surface area contributed by atoms with E-state index >= 15 is 0 Å². The van der Waals surface area contributed by atoms with Crippen LogP contribution in [0.4, 0.5) is 8.78 Å². The molecule has 0 heterocycles. The zero-order valence-electron chi connectivity index (χ0n) is 15.8. The summed E-state index contributed by atoms with van der Waals surface area (Å²) < 4.78 is 34.6. The van der Waals surface area contributed by atoms with Gasteiger partial charge >= 0.3 is 6.61 Å². The number of methoxy groups -OCH3 is 1. The van der Waals surface area contributed by atoms with Gasteiger partial charge in [-0.1, -0.05) is 6.07 Å². The van der Waals surface area contributed by atoms with E-state index in [4.69, 9.17) is 4.74 Å². The molecule has 2 N–H and O–H groups in total. The van der Waals surface area contributed by atoms with Gasteiger partial charge in [0.1, 0.15) is 0 Å². The molecule has 0 aliphatic heterocycles. The fourth-order valence-corrected chi connectivity index (χ4v) is 3.86. The topological polar surface area (TPSA) is 54.9 Å². The Hall–Kier alpha value is -0.970. The predicted molar refractivity (Wildman–Crippen MR) is 118 cm³/mol. The molecule has 2 unspecified atom stereocenters. The third-order valence-electron chi connectivity index (χ3n) is 4.43. The van der Waals surface area contributed by atoms with E-state index in [0.717, 1.165) is 29.6 Å². The molecule has 1 aromatic carbocycles. The molecule has 9 heteroatoms. The number of hydrogen-bond acceptors (Lipinski definition) is 4. The normalized spacial score (nSPS) is 19.6. The molecule has 2 atom stereocenters. The SMILES string of the molecule is CN=C(NCCc1ccc(OC)c(OC(F)F)c1)NC1CCC(SC)C1.I. The van der Waals surface area contributed by atoms with Crippen LogP contribution in [0.3, 0.4) is 0 Å². The highest BCUT2D eigenvalue weighted by molar-refractivity contribution is 14.0. The van der Waals surface area contributed by atoms with Crippen LogP contribution in [0.25, 0.3) is 0 Å². The van der Waals surface area contributed by atoms with Crippen molar-refractivity contribution >= 4 is 41.7 Å². The molecule has 5 nitrogen and oxygen atoms in total. The predicted octanol–water partition coefficient (Wildman–Crippen LogP) is 3.91. The molecular weight excluding hydrogens is 487 g/mol. The van der Waals surface area contributed by atoms with Crippen molar-refractivity contribution in [2.24, 2.45) is 4.99 Å². The fourth-order valence-electron chi connectivity index (χ4n) is 3.06. The third kappa shape index (κ3) is 7.89. The maximum atomic E-state index is 12.5. The molecule has 0 spiro atoms. The molecular formula is C18H28F2IN3O2S. The lowest BCUT2D eigenvalue weighted by atomic mass is 10.1. The maximum absolute atomic E-state index is 12.5. The number of aliphatic imine (C=N–C) groups is 1. The van der Waals surface area contributed by atoms with Crippen molar-refractivity contribution in [2.75, 3.05) is 27.0 Å². The molecule has 154 valence electrons. The van der Waals surface area contributed by atoms with Gasteiger partial charge in [0, 0.05) is 24.9 Å². The number of thioether (sulfide) groups is 1. The first-order chi connectivity index (χ1) is 12.5.